The summed E-state index contributed by atoms with van der Waals surface area (Å²) in [4.78, 5) is 0. The van der Waals surface area contributed by atoms with E-state index < -0.39 is 0 Å². The molecule has 2 rings (SSSR count). The molecule has 0 amide bonds. The van der Waals surface area contributed by atoms with Crippen molar-refractivity contribution >= 4 is 11.6 Å². The first-order valence-corrected chi connectivity index (χ1v) is 6.20. The number of phenols is 1. The second kappa shape index (κ2) is 5.32. The highest BCUT2D eigenvalue weighted by molar-refractivity contribution is 6.32. The summed E-state index contributed by atoms with van der Waals surface area (Å²) in [5.74, 6) is 0.900. The Kier molecular flexibility index (Phi) is 3.78. The molecule has 0 bridgehead atoms. The maximum Gasteiger partial charge on any atom is 0.134 e. The van der Waals surface area contributed by atoms with Gasteiger partial charge in [0.25, 0.3) is 0 Å². The van der Waals surface area contributed by atoms with Crippen LogP contribution in [0.2, 0.25) is 5.02 Å². The van der Waals surface area contributed by atoms with Crippen LogP contribution in [-0.2, 0) is 0 Å². The van der Waals surface area contributed by atoms with Gasteiger partial charge in [-0.05, 0) is 37.6 Å². The van der Waals surface area contributed by atoms with Gasteiger partial charge in [0.1, 0.15) is 11.5 Å². The van der Waals surface area contributed by atoms with E-state index in [-0.39, 0.29) is 11.9 Å². The van der Waals surface area contributed by atoms with E-state index in [9.17, 15) is 5.11 Å². The smallest absolute Gasteiger partial charge is 0.134 e. The summed E-state index contributed by atoms with van der Waals surface area (Å²) >= 11 is 5.93. The number of ether oxygens (including phenoxy) is 1. The monoisotopic (exact) mass is 262 g/mol. The summed E-state index contributed by atoms with van der Waals surface area (Å²) < 4.78 is 5.76. The minimum absolute atomic E-state index is 0.0858. The molecule has 0 saturated carbocycles. The summed E-state index contributed by atoms with van der Waals surface area (Å²) in [7, 11) is 0. The van der Waals surface area contributed by atoms with Gasteiger partial charge in [0.05, 0.1) is 11.1 Å². The largest absolute Gasteiger partial charge is 0.506 e. The van der Waals surface area contributed by atoms with Crippen molar-refractivity contribution in [1.82, 2.24) is 0 Å². The van der Waals surface area contributed by atoms with Gasteiger partial charge in [0.2, 0.25) is 0 Å². The molecule has 2 nitrogen and oxygen atoms in total. The highest BCUT2D eigenvalue weighted by Crippen LogP contribution is 2.34. The fraction of sp³-hybridized carbons (Fsp3) is 0.200. The Labute approximate surface area is 112 Å². The average Bonchev–Trinajstić information content (AvgIpc) is 2.33. The molecule has 2 aromatic carbocycles. The van der Waals surface area contributed by atoms with Crippen LogP contribution in [0.25, 0.3) is 11.1 Å². The number of rotatable bonds is 3. The minimum atomic E-state index is 0.0858. The van der Waals surface area contributed by atoms with Crippen molar-refractivity contribution in [2.75, 3.05) is 0 Å². The second-order valence-electron chi connectivity index (χ2n) is 4.33. The van der Waals surface area contributed by atoms with Gasteiger partial charge >= 0.3 is 0 Å². The number of hydrogen-bond acceptors (Lipinski definition) is 2. The van der Waals surface area contributed by atoms with E-state index in [0.717, 1.165) is 16.9 Å². The van der Waals surface area contributed by atoms with Crippen molar-refractivity contribution in [2.45, 2.75) is 20.0 Å². The quantitative estimate of drug-likeness (QED) is 0.882. The highest BCUT2D eigenvalue weighted by atomic mass is 35.5. The third kappa shape index (κ3) is 2.77. The van der Waals surface area contributed by atoms with E-state index in [4.69, 9.17) is 16.3 Å². The average molecular weight is 263 g/mol. The van der Waals surface area contributed by atoms with Crippen LogP contribution < -0.4 is 4.74 Å². The van der Waals surface area contributed by atoms with Gasteiger partial charge in [-0.15, -0.1) is 0 Å². The lowest BCUT2D eigenvalue weighted by Crippen LogP contribution is -2.06. The first-order valence-electron chi connectivity index (χ1n) is 5.82. The van der Waals surface area contributed by atoms with Gasteiger partial charge in [-0.1, -0.05) is 35.9 Å². The minimum Gasteiger partial charge on any atom is -0.506 e. The standard InChI is InChI=1S/C15H15ClO2/c1-10(2)18-15-6-4-3-5-12(15)11-7-8-14(17)13(16)9-11/h3-10,17H,1-2H3. The number of aromatic hydroxyl groups is 1. The molecule has 0 unspecified atom stereocenters. The normalized spacial score (nSPS) is 10.7. The topological polar surface area (TPSA) is 29.5 Å². The van der Waals surface area contributed by atoms with Crippen LogP contribution in [0.1, 0.15) is 13.8 Å². The number of benzene rings is 2. The van der Waals surface area contributed by atoms with Gasteiger partial charge in [0.15, 0.2) is 0 Å². The second-order valence-corrected chi connectivity index (χ2v) is 4.74. The summed E-state index contributed by atoms with van der Waals surface area (Å²) in [5, 5.41) is 9.78. The number of para-hydroxylation sites is 1. The predicted molar refractivity (Wildman–Crippen MR) is 74.3 cm³/mol. The number of phenolic OH excluding ortho intramolecular Hbond substituents is 1. The zero-order chi connectivity index (χ0) is 13.1. The van der Waals surface area contributed by atoms with Gasteiger partial charge in [-0.2, -0.15) is 0 Å². The van der Waals surface area contributed by atoms with Gasteiger partial charge in [0, 0.05) is 5.56 Å². The molecule has 0 spiro atoms. The van der Waals surface area contributed by atoms with Crippen molar-refractivity contribution in [3.05, 3.63) is 47.5 Å². The molecule has 0 aromatic heterocycles. The SMILES string of the molecule is CC(C)Oc1ccccc1-c1ccc(O)c(Cl)c1. The summed E-state index contributed by atoms with van der Waals surface area (Å²) in [6, 6.07) is 12.9. The van der Waals surface area contributed by atoms with E-state index in [0.29, 0.717) is 5.02 Å². The van der Waals surface area contributed by atoms with Gasteiger partial charge in [-0.3, -0.25) is 0 Å². The Balaban J connectivity index is 2.46. The number of hydrogen-bond donors (Lipinski definition) is 1. The highest BCUT2D eigenvalue weighted by Gasteiger charge is 2.09. The van der Waals surface area contributed by atoms with Crippen molar-refractivity contribution in [2.24, 2.45) is 0 Å². The van der Waals surface area contributed by atoms with Crippen LogP contribution >= 0.6 is 11.6 Å². The first kappa shape index (κ1) is 12.8. The Morgan fingerprint density at radius 3 is 2.50 bits per heavy atom. The molecule has 0 aliphatic rings. The molecule has 0 saturated heterocycles. The third-order valence-corrected chi connectivity index (χ3v) is 2.81. The van der Waals surface area contributed by atoms with Crippen LogP contribution in [0.15, 0.2) is 42.5 Å². The molecule has 0 radical (unpaired) electrons. The van der Waals surface area contributed by atoms with Crippen molar-refractivity contribution in [3.8, 4) is 22.6 Å². The zero-order valence-corrected chi connectivity index (χ0v) is 11.1. The molecule has 1 N–H and O–H groups in total. The fourth-order valence-corrected chi connectivity index (χ4v) is 1.92. The Bertz CT molecular complexity index is 550. The molecule has 0 aliphatic heterocycles. The van der Waals surface area contributed by atoms with Gasteiger partial charge < -0.3 is 9.84 Å². The predicted octanol–water partition coefficient (Wildman–Crippen LogP) is 4.50. The van der Waals surface area contributed by atoms with Crippen molar-refractivity contribution in [3.63, 3.8) is 0 Å². The van der Waals surface area contributed by atoms with Crippen molar-refractivity contribution in [1.29, 1.82) is 0 Å². The fourth-order valence-electron chi connectivity index (χ4n) is 1.74. The maximum atomic E-state index is 9.44. The number of halogens is 1. The molecule has 0 fully saturated rings. The Hall–Kier alpha value is -1.67. The zero-order valence-electron chi connectivity index (χ0n) is 10.4. The third-order valence-electron chi connectivity index (χ3n) is 2.51. The molecule has 94 valence electrons. The van der Waals surface area contributed by atoms with Crippen LogP contribution in [-0.4, -0.2) is 11.2 Å². The Morgan fingerprint density at radius 1 is 1.11 bits per heavy atom. The summed E-state index contributed by atoms with van der Waals surface area (Å²) in [6.07, 6.45) is 0.110. The van der Waals surface area contributed by atoms with E-state index >= 15 is 0 Å². The first-order chi connectivity index (χ1) is 8.58. The van der Waals surface area contributed by atoms with Crippen molar-refractivity contribution < 1.29 is 9.84 Å². The van der Waals surface area contributed by atoms with Crippen LogP contribution in [0.3, 0.4) is 0 Å². The lowest BCUT2D eigenvalue weighted by Gasteiger charge is -2.14. The molecular weight excluding hydrogens is 248 g/mol. The van der Waals surface area contributed by atoms with E-state index in [2.05, 4.69) is 0 Å². The van der Waals surface area contributed by atoms with Gasteiger partial charge in [-0.25, -0.2) is 0 Å². The molecule has 18 heavy (non-hydrogen) atoms. The molecule has 0 aliphatic carbocycles. The summed E-state index contributed by atoms with van der Waals surface area (Å²) in [6.45, 7) is 3.97. The van der Waals surface area contributed by atoms with Crippen LogP contribution in [0.4, 0.5) is 0 Å². The van der Waals surface area contributed by atoms with Crippen LogP contribution in [0.5, 0.6) is 11.5 Å². The molecule has 0 heterocycles. The van der Waals surface area contributed by atoms with E-state index in [1.165, 1.54) is 0 Å². The van der Waals surface area contributed by atoms with Crippen LogP contribution in [0, 0.1) is 0 Å². The maximum absolute atomic E-state index is 9.44. The van der Waals surface area contributed by atoms with E-state index in [1.54, 1.807) is 12.1 Å². The summed E-state index contributed by atoms with van der Waals surface area (Å²) in [5.41, 5.74) is 1.89. The molecular formula is C15H15ClO2. The van der Waals surface area contributed by atoms with E-state index in [1.807, 2.05) is 44.2 Å². The Morgan fingerprint density at radius 2 is 1.83 bits per heavy atom. The molecule has 0 atom stereocenters. The lowest BCUT2D eigenvalue weighted by atomic mass is 10.0. The lowest BCUT2D eigenvalue weighted by molar-refractivity contribution is 0.243. The molecule has 3 heteroatoms. The molecule has 2 aromatic rings.